The van der Waals surface area contributed by atoms with E-state index in [0.29, 0.717) is 12.2 Å². The number of hydrogen-bond acceptors (Lipinski definition) is 4. The van der Waals surface area contributed by atoms with Gasteiger partial charge in [0.1, 0.15) is 5.69 Å². The third-order valence-corrected chi connectivity index (χ3v) is 4.17. The first-order chi connectivity index (χ1) is 11.6. The SMILES string of the molecule is O=C(O)c1cc(C(=O)NCCc2ccsc2)n(-c2ccccc2)n1. The quantitative estimate of drug-likeness (QED) is 0.722. The maximum absolute atomic E-state index is 12.4. The second-order valence-electron chi connectivity index (χ2n) is 5.10. The molecule has 0 saturated heterocycles. The molecule has 0 bridgehead atoms. The van der Waals surface area contributed by atoms with Crippen LogP contribution in [0.25, 0.3) is 5.69 Å². The van der Waals surface area contributed by atoms with Crippen molar-refractivity contribution in [3.63, 3.8) is 0 Å². The smallest absolute Gasteiger partial charge is 0.356 e. The molecule has 0 saturated carbocycles. The highest BCUT2D eigenvalue weighted by Crippen LogP contribution is 2.13. The van der Waals surface area contributed by atoms with Crippen molar-refractivity contribution in [3.8, 4) is 5.69 Å². The molecule has 1 amide bonds. The Morgan fingerprint density at radius 1 is 1.21 bits per heavy atom. The van der Waals surface area contributed by atoms with Crippen molar-refractivity contribution in [2.45, 2.75) is 6.42 Å². The number of hydrogen-bond donors (Lipinski definition) is 2. The van der Waals surface area contributed by atoms with Crippen molar-refractivity contribution in [2.24, 2.45) is 0 Å². The molecule has 0 aliphatic heterocycles. The first-order valence-electron chi connectivity index (χ1n) is 7.33. The number of benzene rings is 1. The lowest BCUT2D eigenvalue weighted by molar-refractivity contribution is 0.0689. The summed E-state index contributed by atoms with van der Waals surface area (Å²) < 4.78 is 1.35. The van der Waals surface area contributed by atoms with Crippen LogP contribution in [-0.4, -0.2) is 33.3 Å². The Balaban J connectivity index is 1.80. The minimum absolute atomic E-state index is 0.165. The first kappa shape index (κ1) is 15.9. The number of aromatic carboxylic acids is 1. The normalized spacial score (nSPS) is 10.5. The number of carboxylic acid groups (broad SMARTS) is 1. The van der Waals surface area contributed by atoms with Crippen molar-refractivity contribution < 1.29 is 14.7 Å². The summed E-state index contributed by atoms with van der Waals surface area (Å²) in [6.07, 6.45) is 0.723. The van der Waals surface area contributed by atoms with Crippen LogP contribution < -0.4 is 5.32 Å². The largest absolute Gasteiger partial charge is 0.476 e. The van der Waals surface area contributed by atoms with Gasteiger partial charge in [-0.2, -0.15) is 16.4 Å². The van der Waals surface area contributed by atoms with Crippen molar-refractivity contribution >= 4 is 23.2 Å². The molecule has 0 unspecified atom stereocenters. The highest BCUT2D eigenvalue weighted by molar-refractivity contribution is 7.07. The molecule has 0 aliphatic carbocycles. The number of nitrogens with one attached hydrogen (secondary N) is 1. The molecular weight excluding hydrogens is 326 g/mol. The van der Waals surface area contributed by atoms with Crippen LogP contribution in [0.4, 0.5) is 0 Å². The van der Waals surface area contributed by atoms with Gasteiger partial charge in [-0.3, -0.25) is 4.79 Å². The number of carboxylic acids is 1. The molecular formula is C17H15N3O3S. The summed E-state index contributed by atoms with van der Waals surface area (Å²) in [5.41, 5.74) is 1.82. The van der Waals surface area contributed by atoms with E-state index in [9.17, 15) is 9.59 Å². The summed E-state index contributed by atoms with van der Waals surface area (Å²) in [5.74, 6) is -1.52. The van der Waals surface area contributed by atoms with Gasteiger partial charge in [0.2, 0.25) is 0 Å². The highest BCUT2D eigenvalue weighted by atomic mass is 32.1. The van der Waals surface area contributed by atoms with Crippen LogP contribution >= 0.6 is 11.3 Å². The van der Waals surface area contributed by atoms with Crippen molar-refractivity contribution in [3.05, 3.63) is 70.2 Å². The number of amides is 1. The van der Waals surface area contributed by atoms with Gasteiger partial charge < -0.3 is 10.4 Å². The van der Waals surface area contributed by atoms with E-state index < -0.39 is 5.97 Å². The number of rotatable bonds is 6. The van der Waals surface area contributed by atoms with E-state index in [4.69, 9.17) is 5.11 Å². The standard InChI is InChI=1S/C17H15N3O3S/c21-16(18-8-6-12-7-9-24-11-12)15-10-14(17(22)23)19-20(15)13-4-2-1-3-5-13/h1-5,7,9-11H,6,8H2,(H,18,21)(H,22,23). The maximum atomic E-state index is 12.4. The van der Waals surface area contributed by atoms with Crippen LogP contribution in [0.15, 0.2) is 53.2 Å². The molecule has 2 N–H and O–H groups in total. The summed E-state index contributed by atoms with van der Waals surface area (Å²) in [6.45, 7) is 0.470. The van der Waals surface area contributed by atoms with Gasteiger partial charge in [0.15, 0.2) is 5.69 Å². The Kier molecular flexibility index (Phi) is 4.72. The van der Waals surface area contributed by atoms with Crippen LogP contribution in [0.5, 0.6) is 0 Å². The average Bonchev–Trinajstić information content (AvgIpc) is 3.25. The molecule has 0 aliphatic rings. The summed E-state index contributed by atoms with van der Waals surface area (Å²) in [4.78, 5) is 23.6. The van der Waals surface area contributed by atoms with Crippen LogP contribution in [0, 0.1) is 0 Å². The summed E-state index contributed by atoms with van der Waals surface area (Å²) >= 11 is 1.61. The van der Waals surface area contributed by atoms with Gasteiger partial charge in [0, 0.05) is 12.6 Å². The zero-order chi connectivity index (χ0) is 16.9. The molecule has 0 radical (unpaired) electrons. The molecule has 3 aromatic rings. The summed E-state index contributed by atoms with van der Waals surface area (Å²) in [6, 6.07) is 12.3. The molecule has 2 aromatic heterocycles. The lowest BCUT2D eigenvalue weighted by Crippen LogP contribution is -2.27. The Bertz CT molecular complexity index is 841. The predicted octanol–water partition coefficient (Wildman–Crippen LogP) is 2.60. The molecule has 0 spiro atoms. The fourth-order valence-electron chi connectivity index (χ4n) is 2.26. The number of aromatic nitrogens is 2. The number of thiophene rings is 1. The van der Waals surface area contributed by atoms with Crippen LogP contribution in [0.1, 0.15) is 26.5 Å². The van der Waals surface area contributed by atoms with Gasteiger partial charge in [0.05, 0.1) is 5.69 Å². The average molecular weight is 341 g/mol. The topological polar surface area (TPSA) is 84.2 Å². The zero-order valence-corrected chi connectivity index (χ0v) is 13.5. The molecule has 1 aromatic carbocycles. The number of carbonyl (C=O) groups is 2. The molecule has 3 rings (SSSR count). The minimum atomic E-state index is -1.17. The van der Waals surface area contributed by atoms with Crippen molar-refractivity contribution in [2.75, 3.05) is 6.54 Å². The van der Waals surface area contributed by atoms with Crippen molar-refractivity contribution in [1.82, 2.24) is 15.1 Å². The summed E-state index contributed by atoms with van der Waals surface area (Å²) in [7, 11) is 0. The number of carbonyl (C=O) groups excluding carboxylic acids is 1. The van der Waals surface area contributed by atoms with Gasteiger partial charge in [0.25, 0.3) is 5.91 Å². The molecule has 6 nitrogen and oxygen atoms in total. The van der Waals surface area contributed by atoms with Gasteiger partial charge in [-0.1, -0.05) is 18.2 Å². The van der Waals surface area contributed by atoms with E-state index in [-0.39, 0.29) is 17.3 Å². The molecule has 122 valence electrons. The maximum Gasteiger partial charge on any atom is 0.356 e. The lowest BCUT2D eigenvalue weighted by Gasteiger charge is -2.08. The van der Waals surface area contributed by atoms with E-state index in [1.165, 1.54) is 10.7 Å². The fourth-order valence-corrected chi connectivity index (χ4v) is 2.96. The monoisotopic (exact) mass is 341 g/mol. The van der Waals surface area contributed by atoms with E-state index >= 15 is 0 Å². The van der Waals surface area contributed by atoms with E-state index in [0.717, 1.165) is 12.0 Å². The van der Waals surface area contributed by atoms with Crippen molar-refractivity contribution in [1.29, 1.82) is 0 Å². The first-order valence-corrected chi connectivity index (χ1v) is 8.27. The lowest BCUT2D eigenvalue weighted by atomic mass is 10.2. The van der Waals surface area contributed by atoms with Gasteiger partial charge in [-0.25, -0.2) is 9.48 Å². The Hall–Kier alpha value is -2.93. The molecule has 7 heteroatoms. The Morgan fingerprint density at radius 3 is 2.67 bits per heavy atom. The second kappa shape index (κ2) is 7.10. The fraction of sp³-hybridized carbons (Fsp3) is 0.118. The molecule has 24 heavy (non-hydrogen) atoms. The molecule has 0 atom stereocenters. The molecule has 2 heterocycles. The Morgan fingerprint density at radius 2 is 2.00 bits per heavy atom. The van der Waals surface area contributed by atoms with Crippen LogP contribution in [0.2, 0.25) is 0 Å². The van der Waals surface area contributed by atoms with Crippen LogP contribution in [0.3, 0.4) is 0 Å². The van der Waals surface area contributed by atoms with Crippen LogP contribution in [-0.2, 0) is 6.42 Å². The third-order valence-electron chi connectivity index (χ3n) is 3.44. The summed E-state index contributed by atoms with van der Waals surface area (Å²) in [5, 5.41) is 20.0. The predicted molar refractivity (Wildman–Crippen MR) is 90.9 cm³/mol. The second-order valence-corrected chi connectivity index (χ2v) is 5.88. The van der Waals surface area contributed by atoms with E-state index in [2.05, 4.69) is 10.4 Å². The number of para-hydroxylation sites is 1. The van der Waals surface area contributed by atoms with E-state index in [1.807, 2.05) is 22.9 Å². The minimum Gasteiger partial charge on any atom is -0.476 e. The molecule has 0 fully saturated rings. The van der Waals surface area contributed by atoms with Gasteiger partial charge in [-0.15, -0.1) is 0 Å². The number of nitrogens with zero attached hydrogens (tertiary/aromatic N) is 2. The zero-order valence-electron chi connectivity index (χ0n) is 12.7. The third kappa shape index (κ3) is 3.52. The highest BCUT2D eigenvalue weighted by Gasteiger charge is 2.19. The van der Waals surface area contributed by atoms with E-state index in [1.54, 1.807) is 35.6 Å². The van der Waals surface area contributed by atoms with Gasteiger partial charge in [-0.05, 0) is 40.9 Å². The Labute approximate surface area is 142 Å². The van der Waals surface area contributed by atoms with Gasteiger partial charge >= 0.3 is 5.97 Å².